The minimum atomic E-state index is -0.832. The largest absolute Gasteiger partial charge is 0.354 e. The number of pyridine rings is 1. The first-order chi connectivity index (χ1) is 13.6. The number of benzene rings is 1. The topological polar surface area (TPSA) is 65.5 Å². The summed E-state index contributed by atoms with van der Waals surface area (Å²) >= 11 is 0. The van der Waals surface area contributed by atoms with Crippen LogP contribution < -0.4 is 15.1 Å². The molecule has 2 unspecified atom stereocenters. The maximum Gasteiger partial charge on any atom is 0.260 e. The number of alkyl halides is 1. The summed E-state index contributed by atoms with van der Waals surface area (Å²) in [7, 11) is 0. The van der Waals surface area contributed by atoms with Crippen LogP contribution in [0, 0.1) is 0 Å². The molecule has 0 radical (unpaired) electrons. The second kappa shape index (κ2) is 7.58. The van der Waals surface area contributed by atoms with E-state index in [-0.39, 0.29) is 11.8 Å². The van der Waals surface area contributed by atoms with Crippen molar-refractivity contribution in [1.82, 2.24) is 4.98 Å². The Bertz CT molecular complexity index is 886. The van der Waals surface area contributed by atoms with Crippen LogP contribution in [-0.4, -0.2) is 42.1 Å². The molecular formula is C21H23FN4O2. The number of hydrogen-bond acceptors (Lipinski definition) is 4. The van der Waals surface area contributed by atoms with E-state index in [4.69, 9.17) is 0 Å². The minimum absolute atomic E-state index is 0.176. The van der Waals surface area contributed by atoms with Gasteiger partial charge < -0.3 is 10.2 Å². The summed E-state index contributed by atoms with van der Waals surface area (Å²) in [4.78, 5) is 33.7. The second-order valence-corrected chi connectivity index (χ2v) is 7.22. The average molecular weight is 382 g/mol. The molecule has 6 nitrogen and oxygen atoms in total. The van der Waals surface area contributed by atoms with Crippen molar-refractivity contribution >= 4 is 29.0 Å². The number of halogens is 1. The fourth-order valence-electron chi connectivity index (χ4n) is 3.84. The summed E-state index contributed by atoms with van der Waals surface area (Å²) < 4.78 is 13.4. The van der Waals surface area contributed by atoms with E-state index in [1.807, 2.05) is 30.0 Å². The number of nitrogens with one attached hydrogen (secondary N) is 1. The Morgan fingerprint density at radius 3 is 2.79 bits per heavy atom. The molecule has 1 aromatic carbocycles. The Hall–Kier alpha value is -2.96. The predicted molar refractivity (Wildman–Crippen MR) is 107 cm³/mol. The number of carbonyl (C=O) groups excluding carboxylic acids is 2. The second-order valence-electron chi connectivity index (χ2n) is 7.22. The molecule has 2 atom stereocenters. The van der Waals surface area contributed by atoms with Crippen LogP contribution in [0.15, 0.2) is 42.6 Å². The third-order valence-electron chi connectivity index (χ3n) is 5.27. The van der Waals surface area contributed by atoms with Gasteiger partial charge in [-0.2, -0.15) is 0 Å². The highest BCUT2D eigenvalue weighted by molar-refractivity contribution is 6.16. The van der Waals surface area contributed by atoms with Crippen molar-refractivity contribution in [2.45, 2.75) is 38.4 Å². The van der Waals surface area contributed by atoms with E-state index in [1.54, 1.807) is 23.1 Å². The van der Waals surface area contributed by atoms with E-state index in [1.165, 1.54) is 6.20 Å². The van der Waals surface area contributed by atoms with Crippen molar-refractivity contribution in [1.29, 1.82) is 0 Å². The summed E-state index contributed by atoms with van der Waals surface area (Å²) in [5.41, 5.74) is 1.73. The van der Waals surface area contributed by atoms with Crippen LogP contribution in [0.1, 0.15) is 36.5 Å². The van der Waals surface area contributed by atoms with Crippen LogP contribution in [0.2, 0.25) is 0 Å². The van der Waals surface area contributed by atoms with E-state index < -0.39 is 12.2 Å². The Kier molecular flexibility index (Phi) is 4.98. The van der Waals surface area contributed by atoms with Crippen molar-refractivity contribution in [3.63, 3.8) is 0 Å². The zero-order valence-electron chi connectivity index (χ0n) is 15.8. The molecule has 3 heterocycles. The average Bonchev–Trinajstić information content (AvgIpc) is 3.15. The Morgan fingerprint density at radius 1 is 1.29 bits per heavy atom. The molecule has 7 heteroatoms. The van der Waals surface area contributed by atoms with Crippen molar-refractivity contribution in [3.05, 3.63) is 48.2 Å². The number of para-hydroxylation sites is 2. The molecule has 0 bridgehead atoms. The standard InChI is InChI=1S/C21H23FN4O2/c1-2-5-18-20(27)24-16-6-3-4-7-17(16)26(18)21(28)14-8-9-19(23-12-14)25-11-10-15(22)13-25/h3-4,6-9,12,15,18H,2,5,10-11,13H2,1H3,(H,24,27). The third kappa shape index (κ3) is 3.32. The Balaban J connectivity index is 1.64. The van der Waals surface area contributed by atoms with E-state index in [0.717, 1.165) is 6.42 Å². The number of carbonyl (C=O) groups is 2. The maximum absolute atomic E-state index is 13.4. The minimum Gasteiger partial charge on any atom is -0.354 e. The van der Waals surface area contributed by atoms with Crippen LogP contribution in [0.25, 0.3) is 0 Å². The Labute approximate surface area is 163 Å². The zero-order chi connectivity index (χ0) is 19.7. The van der Waals surface area contributed by atoms with Gasteiger partial charge in [0.1, 0.15) is 18.0 Å². The summed E-state index contributed by atoms with van der Waals surface area (Å²) in [6.07, 6.45) is 2.53. The zero-order valence-corrected chi connectivity index (χ0v) is 15.8. The fourth-order valence-corrected chi connectivity index (χ4v) is 3.84. The number of fused-ring (bicyclic) bond motifs is 1. The summed E-state index contributed by atoms with van der Waals surface area (Å²) in [5.74, 6) is 0.229. The van der Waals surface area contributed by atoms with Crippen LogP contribution in [-0.2, 0) is 4.79 Å². The van der Waals surface area contributed by atoms with Gasteiger partial charge in [0.05, 0.1) is 23.5 Å². The van der Waals surface area contributed by atoms with Gasteiger partial charge in [-0.05, 0) is 37.1 Å². The van der Waals surface area contributed by atoms with Gasteiger partial charge >= 0.3 is 0 Å². The lowest BCUT2D eigenvalue weighted by molar-refractivity contribution is -0.117. The number of aromatic nitrogens is 1. The van der Waals surface area contributed by atoms with Crippen LogP contribution in [0.5, 0.6) is 0 Å². The van der Waals surface area contributed by atoms with E-state index in [2.05, 4.69) is 10.3 Å². The molecule has 1 N–H and O–H groups in total. The number of hydrogen-bond donors (Lipinski definition) is 1. The normalized spacial score (nSPS) is 21.4. The lowest BCUT2D eigenvalue weighted by Crippen LogP contribution is -2.51. The number of anilines is 3. The van der Waals surface area contributed by atoms with E-state index in [0.29, 0.717) is 48.7 Å². The van der Waals surface area contributed by atoms with Crippen molar-refractivity contribution in [2.24, 2.45) is 0 Å². The van der Waals surface area contributed by atoms with Gasteiger partial charge in [0.25, 0.3) is 5.91 Å². The van der Waals surface area contributed by atoms with E-state index >= 15 is 0 Å². The van der Waals surface area contributed by atoms with Gasteiger partial charge in [-0.15, -0.1) is 0 Å². The number of amides is 2. The van der Waals surface area contributed by atoms with Gasteiger partial charge in [0.2, 0.25) is 5.91 Å². The molecule has 0 saturated carbocycles. The van der Waals surface area contributed by atoms with Gasteiger partial charge in [-0.1, -0.05) is 25.5 Å². The molecule has 4 rings (SSSR count). The molecule has 1 fully saturated rings. The number of nitrogens with zero attached hydrogens (tertiary/aromatic N) is 3. The lowest BCUT2D eigenvalue weighted by Gasteiger charge is -2.36. The summed E-state index contributed by atoms with van der Waals surface area (Å²) in [6, 6.07) is 10.2. The van der Waals surface area contributed by atoms with Crippen LogP contribution in [0.4, 0.5) is 21.6 Å². The third-order valence-corrected chi connectivity index (χ3v) is 5.27. The summed E-state index contributed by atoms with van der Waals surface area (Å²) in [5, 5.41) is 2.89. The predicted octanol–water partition coefficient (Wildman–Crippen LogP) is 3.40. The Morgan fingerprint density at radius 2 is 2.11 bits per heavy atom. The first-order valence-corrected chi connectivity index (χ1v) is 9.67. The number of rotatable bonds is 4. The molecule has 2 aliphatic heterocycles. The highest BCUT2D eigenvalue weighted by Crippen LogP contribution is 2.34. The molecule has 0 aliphatic carbocycles. The SMILES string of the molecule is CCCC1C(=O)Nc2ccccc2N1C(=O)c1ccc(N2CCC(F)C2)nc1. The molecule has 2 aliphatic rings. The van der Waals surface area contributed by atoms with Crippen LogP contribution >= 0.6 is 0 Å². The first kappa shape index (κ1) is 18.4. The molecule has 2 aromatic rings. The van der Waals surface area contributed by atoms with Gasteiger partial charge in [0.15, 0.2) is 0 Å². The van der Waals surface area contributed by atoms with Gasteiger partial charge in [0, 0.05) is 12.7 Å². The maximum atomic E-state index is 13.4. The highest BCUT2D eigenvalue weighted by atomic mass is 19.1. The monoisotopic (exact) mass is 382 g/mol. The molecule has 1 saturated heterocycles. The lowest BCUT2D eigenvalue weighted by atomic mass is 10.0. The molecule has 1 aromatic heterocycles. The van der Waals surface area contributed by atoms with E-state index in [9.17, 15) is 14.0 Å². The quantitative estimate of drug-likeness (QED) is 0.880. The first-order valence-electron chi connectivity index (χ1n) is 9.67. The molecule has 146 valence electrons. The van der Waals surface area contributed by atoms with Crippen molar-refractivity contribution < 1.29 is 14.0 Å². The van der Waals surface area contributed by atoms with Gasteiger partial charge in [-0.25, -0.2) is 9.37 Å². The summed E-state index contributed by atoms with van der Waals surface area (Å²) in [6.45, 7) is 2.94. The van der Waals surface area contributed by atoms with Crippen molar-refractivity contribution in [3.8, 4) is 0 Å². The highest BCUT2D eigenvalue weighted by Gasteiger charge is 2.36. The molecular weight excluding hydrogens is 359 g/mol. The molecule has 2 amide bonds. The van der Waals surface area contributed by atoms with Crippen molar-refractivity contribution in [2.75, 3.05) is 28.2 Å². The van der Waals surface area contributed by atoms with Crippen LogP contribution in [0.3, 0.4) is 0 Å². The molecule has 28 heavy (non-hydrogen) atoms. The smallest absolute Gasteiger partial charge is 0.260 e. The fraction of sp³-hybridized carbons (Fsp3) is 0.381. The molecule has 0 spiro atoms. The van der Waals surface area contributed by atoms with Gasteiger partial charge in [-0.3, -0.25) is 14.5 Å².